The second-order valence-electron chi connectivity index (χ2n) is 7.80. The van der Waals surface area contributed by atoms with Crippen molar-refractivity contribution in [1.29, 1.82) is 0 Å². The first-order valence-electron chi connectivity index (χ1n) is 10.5. The molecule has 3 heterocycles. The molecule has 2 aromatic rings. The fraction of sp³-hybridized carbons (Fsp3) is 0.280. The summed E-state index contributed by atoms with van der Waals surface area (Å²) in [4.78, 5) is 19.0. The van der Waals surface area contributed by atoms with E-state index in [-0.39, 0.29) is 11.7 Å². The van der Waals surface area contributed by atoms with E-state index in [0.717, 1.165) is 59.5 Å². The van der Waals surface area contributed by atoms with Gasteiger partial charge in [0, 0.05) is 36.6 Å². The number of fused-ring (bicyclic) bond motifs is 1. The molecule has 0 spiro atoms. The maximum atomic E-state index is 13.8. The molecule has 0 atom stereocenters. The van der Waals surface area contributed by atoms with Crippen LogP contribution in [0.5, 0.6) is 5.75 Å². The molecule has 2 aliphatic rings. The number of anilines is 1. The van der Waals surface area contributed by atoms with Crippen LogP contribution in [-0.2, 0) is 11.2 Å². The molecule has 2 aliphatic heterocycles. The molecule has 5 nitrogen and oxygen atoms in total. The quantitative estimate of drug-likeness (QED) is 0.722. The van der Waals surface area contributed by atoms with Gasteiger partial charge in [-0.3, -0.25) is 4.79 Å². The van der Waals surface area contributed by atoms with E-state index in [4.69, 9.17) is 4.74 Å². The van der Waals surface area contributed by atoms with E-state index in [9.17, 15) is 9.18 Å². The number of ether oxygens (including phenoxy) is 1. The van der Waals surface area contributed by atoms with E-state index < -0.39 is 0 Å². The molecule has 0 aliphatic carbocycles. The van der Waals surface area contributed by atoms with Gasteiger partial charge in [-0.05, 0) is 72.7 Å². The lowest BCUT2D eigenvalue weighted by atomic mass is 10.0. The molecule has 1 N–H and O–H groups in total. The Morgan fingerprint density at radius 3 is 3.00 bits per heavy atom. The zero-order chi connectivity index (χ0) is 21.8. The highest BCUT2D eigenvalue weighted by atomic mass is 19.1. The maximum absolute atomic E-state index is 13.8. The van der Waals surface area contributed by atoms with Crippen LogP contribution in [0.4, 0.5) is 10.2 Å². The molecule has 0 saturated carbocycles. The smallest absolute Gasteiger partial charge is 0.246 e. The Labute approximate surface area is 181 Å². The summed E-state index contributed by atoms with van der Waals surface area (Å²) in [6.45, 7) is 5.07. The van der Waals surface area contributed by atoms with Gasteiger partial charge in [0.15, 0.2) is 0 Å². The number of nitrogens with one attached hydrogen (secondary N) is 1. The molecule has 31 heavy (non-hydrogen) atoms. The highest BCUT2D eigenvalue weighted by molar-refractivity contribution is 5.92. The number of aryl methyl sites for hydroxylation is 1. The number of rotatable bonds is 4. The summed E-state index contributed by atoms with van der Waals surface area (Å²) in [6, 6.07) is 6.58. The first-order chi connectivity index (χ1) is 15.0. The molecule has 6 heteroatoms. The number of halogens is 1. The standard InChI is InChI=1S/C25H26FN3O2/c1-17-5-7-20-14-18(16-27-25(20)28-17)6-10-24(30)29-12-3-4-19(11-13-29)22-15-21(26)8-9-23(22)31-2/h6,8-11,14-16H,1,3-5,7,12-13H2,2H3,(H,27,28)/b10-6+. The minimum Gasteiger partial charge on any atom is -0.496 e. The average Bonchev–Trinajstić information content (AvgIpc) is 3.03. The third kappa shape index (κ3) is 4.85. The van der Waals surface area contributed by atoms with Crippen molar-refractivity contribution < 1.29 is 13.9 Å². The monoisotopic (exact) mass is 419 g/mol. The van der Waals surface area contributed by atoms with Gasteiger partial charge >= 0.3 is 0 Å². The Bertz CT molecular complexity index is 1070. The van der Waals surface area contributed by atoms with Crippen molar-refractivity contribution >= 4 is 23.4 Å². The zero-order valence-corrected chi connectivity index (χ0v) is 17.7. The van der Waals surface area contributed by atoms with Gasteiger partial charge in [-0.2, -0.15) is 0 Å². The molecule has 160 valence electrons. The van der Waals surface area contributed by atoms with E-state index >= 15 is 0 Å². The van der Waals surface area contributed by atoms with Crippen molar-refractivity contribution in [3.63, 3.8) is 0 Å². The van der Waals surface area contributed by atoms with Crippen molar-refractivity contribution in [3.05, 3.63) is 77.4 Å². The lowest BCUT2D eigenvalue weighted by Crippen LogP contribution is -2.29. The van der Waals surface area contributed by atoms with Gasteiger partial charge in [0.05, 0.1) is 7.11 Å². The van der Waals surface area contributed by atoms with Gasteiger partial charge in [0.2, 0.25) is 5.91 Å². The van der Waals surface area contributed by atoms with E-state index in [1.54, 1.807) is 30.3 Å². The number of amides is 1. The van der Waals surface area contributed by atoms with Crippen molar-refractivity contribution in [3.8, 4) is 5.75 Å². The molecule has 1 aromatic heterocycles. The minimum absolute atomic E-state index is 0.0482. The Kier molecular flexibility index (Phi) is 6.16. The van der Waals surface area contributed by atoms with Crippen molar-refractivity contribution in [2.75, 3.05) is 25.5 Å². The van der Waals surface area contributed by atoms with Crippen LogP contribution in [0.3, 0.4) is 0 Å². The van der Waals surface area contributed by atoms with E-state index in [1.165, 1.54) is 12.1 Å². The summed E-state index contributed by atoms with van der Waals surface area (Å²) in [7, 11) is 1.58. The van der Waals surface area contributed by atoms with Crippen molar-refractivity contribution in [1.82, 2.24) is 9.88 Å². The Hall–Kier alpha value is -3.41. The molecular formula is C25H26FN3O2. The number of hydrogen-bond acceptors (Lipinski definition) is 4. The second-order valence-corrected chi connectivity index (χ2v) is 7.80. The summed E-state index contributed by atoms with van der Waals surface area (Å²) in [5, 5.41) is 3.20. The number of hydrogen-bond donors (Lipinski definition) is 1. The number of aromatic nitrogens is 1. The number of benzene rings is 1. The number of pyridine rings is 1. The van der Waals surface area contributed by atoms with Crippen LogP contribution in [0.2, 0.25) is 0 Å². The summed E-state index contributed by atoms with van der Waals surface area (Å²) >= 11 is 0. The van der Waals surface area contributed by atoms with Crippen LogP contribution in [0.1, 0.15) is 36.0 Å². The highest BCUT2D eigenvalue weighted by Gasteiger charge is 2.17. The topological polar surface area (TPSA) is 54.5 Å². The summed E-state index contributed by atoms with van der Waals surface area (Å²) in [5.74, 6) is 1.14. The Balaban J connectivity index is 1.45. The van der Waals surface area contributed by atoms with E-state index in [0.29, 0.717) is 18.8 Å². The average molecular weight is 420 g/mol. The van der Waals surface area contributed by atoms with Gasteiger partial charge in [0.1, 0.15) is 17.4 Å². The molecule has 1 amide bonds. The molecule has 0 fully saturated rings. The lowest BCUT2D eigenvalue weighted by Gasteiger charge is -2.19. The number of allylic oxidation sites excluding steroid dienone is 2. The zero-order valence-electron chi connectivity index (χ0n) is 17.7. The first kappa shape index (κ1) is 20.8. The SMILES string of the molecule is C=C1CCc2cc(/C=C/C(=O)N3CC=C(c4cc(F)ccc4OC)CCC3)cnc2N1. The fourth-order valence-electron chi connectivity index (χ4n) is 3.96. The second kappa shape index (κ2) is 9.16. The molecular weight excluding hydrogens is 393 g/mol. The summed E-state index contributed by atoms with van der Waals surface area (Å²) in [5.41, 5.74) is 4.76. The fourth-order valence-corrected chi connectivity index (χ4v) is 3.96. The van der Waals surface area contributed by atoms with E-state index in [2.05, 4.69) is 22.9 Å². The molecule has 1 aromatic carbocycles. The predicted molar refractivity (Wildman–Crippen MR) is 121 cm³/mol. The normalized spacial score (nSPS) is 16.4. The molecule has 0 unspecified atom stereocenters. The molecule has 4 rings (SSSR count). The van der Waals surface area contributed by atoms with Gasteiger partial charge in [-0.1, -0.05) is 12.7 Å². The van der Waals surface area contributed by atoms with Gasteiger partial charge < -0.3 is 15.0 Å². The number of carbonyl (C=O) groups excluding carboxylic acids is 1. The maximum Gasteiger partial charge on any atom is 0.246 e. The molecule has 0 radical (unpaired) electrons. The van der Waals surface area contributed by atoms with Crippen LogP contribution < -0.4 is 10.1 Å². The summed E-state index contributed by atoms with van der Waals surface area (Å²) < 4.78 is 19.1. The highest BCUT2D eigenvalue weighted by Crippen LogP contribution is 2.31. The first-order valence-corrected chi connectivity index (χ1v) is 10.5. The third-order valence-corrected chi connectivity index (χ3v) is 5.65. The van der Waals surface area contributed by atoms with Crippen LogP contribution in [-0.4, -0.2) is 36.0 Å². The Morgan fingerprint density at radius 2 is 2.16 bits per heavy atom. The van der Waals surface area contributed by atoms with Crippen LogP contribution in [0.15, 0.2) is 54.9 Å². The predicted octanol–water partition coefficient (Wildman–Crippen LogP) is 4.82. The molecule has 0 bridgehead atoms. The molecule has 0 saturated heterocycles. The third-order valence-electron chi connectivity index (χ3n) is 5.65. The number of methoxy groups -OCH3 is 1. The van der Waals surface area contributed by atoms with E-state index in [1.807, 2.05) is 12.2 Å². The Morgan fingerprint density at radius 1 is 1.29 bits per heavy atom. The number of carbonyl (C=O) groups is 1. The van der Waals surface area contributed by atoms with Crippen molar-refractivity contribution in [2.24, 2.45) is 0 Å². The van der Waals surface area contributed by atoms with Crippen LogP contribution >= 0.6 is 0 Å². The van der Waals surface area contributed by atoms with Gasteiger partial charge in [-0.15, -0.1) is 0 Å². The summed E-state index contributed by atoms with van der Waals surface area (Å²) in [6.07, 6.45) is 10.5. The van der Waals surface area contributed by atoms with Gasteiger partial charge in [-0.25, -0.2) is 9.37 Å². The van der Waals surface area contributed by atoms with Crippen LogP contribution in [0.25, 0.3) is 11.6 Å². The lowest BCUT2D eigenvalue weighted by molar-refractivity contribution is -0.125. The van der Waals surface area contributed by atoms with Crippen molar-refractivity contribution in [2.45, 2.75) is 25.7 Å². The largest absolute Gasteiger partial charge is 0.496 e. The van der Waals surface area contributed by atoms with Gasteiger partial charge in [0.25, 0.3) is 0 Å². The van der Waals surface area contributed by atoms with Crippen LogP contribution in [0, 0.1) is 5.82 Å². The minimum atomic E-state index is -0.296. The number of nitrogens with zero attached hydrogens (tertiary/aromatic N) is 2.